The first-order chi connectivity index (χ1) is 7.81. The smallest absolute Gasteiger partial charge is 0.307 e. The van der Waals surface area contributed by atoms with Crippen molar-refractivity contribution in [2.45, 2.75) is 39.5 Å². The van der Waals surface area contributed by atoms with Gasteiger partial charge in [0.1, 0.15) is 0 Å². The monoisotopic (exact) mass is 230 g/mol. The van der Waals surface area contributed by atoms with Gasteiger partial charge in [0.2, 0.25) is 0 Å². The third kappa shape index (κ3) is 11.5. The van der Waals surface area contributed by atoms with Crippen LogP contribution in [0.25, 0.3) is 0 Å². The third-order valence-electron chi connectivity index (χ3n) is 2.16. The lowest BCUT2D eigenvalue weighted by atomic mass is 10.3. The summed E-state index contributed by atoms with van der Waals surface area (Å²) < 4.78 is 4.96. The highest BCUT2D eigenvalue weighted by molar-refractivity contribution is 5.69. The number of esters is 1. The lowest BCUT2D eigenvalue weighted by Gasteiger charge is -2.06. The van der Waals surface area contributed by atoms with Crippen molar-refractivity contribution in [3.05, 3.63) is 0 Å². The molecule has 0 amide bonds. The molecule has 0 aromatic heterocycles. The summed E-state index contributed by atoms with van der Waals surface area (Å²) in [7, 11) is 0. The summed E-state index contributed by atoms with van der Waals surface area (Å²) in [6.45, 7) is 8.37. The van der Waals surface area contributed by atoms with Gasteiger partial charge in [0.25, 0.3) is 0 Å². The van der Waals surface area contributed by atoms with Gasteiger partial charge in [-0.1, -0.05) is 20.3 Å². The quantitative estimate of drug-likeness (QED) is 0.415. The number of hydrogen-bond donors (Lipinski definition) is 2. The Kier molecular flexibility index (Phi) is 12.0. The fourth-order valence-corrected chi connectivity index (χ4v) is 1.21. The minimum absolute atomic E-state index is 0.103. The molecular formula is C12H26N2O2. The summed E-state index contributed by atoms with van der Waals surface area (Å²) in [6, 6.07) is 0. The van der Waals surface area contributed by atoms with E-state index >= 15 is 0 Å². The van der Waals surface area contributed by atoms with E-state index in [2.05, 4.69) is 17.6 Å². The molecule has 96 valence electrons. The Labute approximate surface area is 99.1 Å². The molecule has 0 radical (unpaired) electrons. The van der Waals surface area contributed by atoms with Crippen molar-refractivity contribution < 1.29 is 9.53 Å². The second kappa shape index (κ2) is 12.5. The maximum absolute atomic E-state index is 11.1. The number of nitrogens with one attached hydrogen (secondary N) is 2. The van der Waals surface area contributed by atoms with Gasteiger partial charge in [-0.05, 0) is 19.4 Å². The van der Waals surface area contributed by atoms with Crippen LogP contribution in [0.3, 0.4) is 0 Å². The zero-order valence-corrected chi connectivity index (χ0v) is 10.7. The summed E-state index contributed by atoms with van der Waals surface area (Å²) >= 11 is 0. The van der Waals surface area contributed by atoms with Gasteiger partial charge in [0.15, 0.2) is 0 Å². The molecule has 0 fully saturated rings. The third-order valence-corrected chi connectivity index (χ3v) is 2.16. The molecule has 2 N–H and O–H groups in total. The Morgan fingerprint density at radius 2 is 1.69 bits per heavy atom. The van der Waals surface area contributed by atoms with Gasteiger partial charge in [-0.3, -0.25) is 4.79 Å². The second-order valence-corrected chi connectivity index (χ2v) is 3.82. The van der Waals surface area contributed by atoms with Crippen molar-refractivity contribution in [1.29, 1.82) is 0 Å². The number of unbranched alkanes of at least 4 members (excludes halogenated alkanes) is 1. The summed E-state index contributed by atoms with van der Waals surface area (Å²) in [6.07, 6.45) is 3.81. The molecule has 0 aliphatic heterocycles. The normalized spacial score (nSPS) is 10.4. The van der Waals surface area contributed by atoms with Gasteiger partial charge in [-0.15, -0.1) is 0 Å². The summed E-state index contributed by atoms with van der Waals surface area (Å²) in [5.74, 6) is -0.103. The van der Waals surface area contributed by atoms with Gasteiger partial charge in [0, 0.05) is 19.6 Å². The second-order valence-electron chi connectivity index (χ2n) is 3.82. The number of hydrogen-bond acceptors (Lipinski definition) is 4. The van der Waals surface area contributed by atoms with E-state index in [1.165, 1.54) is 12.8 Å². The van der Waals surface area contributed by atoms with Crippen LogP contribution in [0.4, 0.5) is 0 Å². The molecule has 0 atom stereocenters. The van der Waals surface area contributed by atoms with Crippen molar-refractivity contribution in [3.8, 4) is 0 Å². The van der Waals surface area contributed by atoms with E-state index < -0.39 is 0 Å². The van der Waals surface area contributed by atoms with Crippen LogP contribution in [-0.4, -0.2) is 38.8 Å². The van der Waals surface area contributed by atoms with Gasteiger partial charge < -0.3 is 15.4 Å². The average Bonchev–Trinajstić information content (AvgIpc) is 2.30. The summed E-state index contributed by atoms with van der Waals surface area (Å²) in [5.41, 5.74) is 0. The summed E-state index contributed by atoms with van der Waals surface area (Å²) in [4.78, 5) is 11.1. The van der Waals surface area contributed by atoms with Crippen LogP contribution in [0.5, 0.6) is 0 Å². The maximum atomic E-state index is 11.1. The Bertz CT molecular complexity index is 163. The van der Waals surface area contributed by atoms with Crippen LogP contribution in [0.2, 0.25) is 0 Å². The molecule has 0 aliphatic rings. The molecule has 0 unspecified atom stereocenters. The number of ether oxygens (including phenoxy) is 1. The van der Waals surface area contributed by atoms with Gasteiger partial charge in [-0.25, -0.2) is 0 Å². The van der Waals surface area contributed by atoms with Gasteiger partial charge in [0.05, 0.1) is 13.0 Å². The van der Waals surface area contributed by atoms with Crippen LogP contribution in [0.15, 0.2) is 0 Å². The van der Waals surface area contributed by atoms with Gasteiger partial charge >= 0.3 is 5.97 Å². The Hall–Kier alpha value is -0.610. The number of carbonyl (C=O) groups is 1. The number of rotatable bonds is 11. The standard InChI is InChI=1S/C12H26N2O2/c1-3-5-7-13-9-10-14-8-6-12(15)16-11-4-2/h13-14H,3-11H2,1-2H3. The Morgan fingerprint density at radius 3 is 2.31 bits per heavy atom. The van der Waals surface area contributed by atoms with Crippen molar-refractivity contribution in [2.75, 3.05) is 32.8 Å². The molecule has 0 rings (SSSR count). The van der Waals surface area contributed by atoms with Crippen molar-refractivity contribution in [1.82, 2.24) is 10.6 Å². The fraction of sp³-hybridized carbons (Fsp3) is 0.917. The van der Waals surface area contributed by atoms with Crippen LogP contribution >= 0.6 is 0 Å². The van der Waals surface area contributed by atoms with E-state index in [1.807, 2.05) is 6.92 Å². The number of carbonyl (C=O) groups excluding carboxylic acids is 1. The first-order valence-electron chi connectivity index (χ1n) is 6.38. The topological polar surface area (TPSA) is 50.4 Å². The first kappa shape index (κ1) is 15.4. The molecule has 16 heavy (non-hydrogen) atoms. The lowest BCUT2D eigenvalue weighted by Crippen LogP contribution is -2.29. The van der Waals surface area contributed by atoms with Crippen LogP contribution < -0.4 is 10.6 Å². The minimum atomic E-state index is -0.103. The molecule has 0 bridgehead atoms. The molecule has 0 aromatic rings. The van der Waals surface area contributed by atoms with Crippen molar-refractivity contribution >= 4 is 5.97 Å². The maximum Gasteiger partial charge on any atom is 0.307 e. The molecule has 0 aromatic carbocycles. The largest absolute Gasteiger partial charge is 0.466 e. The summed E-state index contributed by atoms with van der Waals surface area (Å²) in [5, 5.41) is 6.54. The zero-order valence-electron chi connectivity index (χ0n) is 10.7. The van der Waals surface area contributed by atoms with Crippen molar-refractivity contribution in [2.24, 2.45) is 0 Å². The van der Waals surface area contributed by atoms with E-state index in [4.69, 9.17) is 4.74 Å². The molecule has 0 saturated heterocycles. The molecular weight excluding hydrogens is 204 g/mol. The highest BCUT2D eigenvalue weighted by Crippen LogP contribution is 1.87. The fourth-order valence-electron chi connectivity index (χ4n) is 1.21. The Balaban J connectivity index is 3.05. The molecule has 0 saturated carbocycles. The zero-order chi connectivity index (χ0) is 12.1. The molecule has 0 aliphatic carbocycles. The first-order valence-corrected chi connectivity index (χ1v) is 6.38. The highest BCUT2D eigenvalue weighted by Gasteiger charge is 2.00. The molecule has 4 heteroatoms. The lowest BCUT2D eigenvalue weighted by molar-refractivity contribution is -0.143. The predicted octanol–water partition coefficient (Wildman–Crippen LogP) is 1.31. The van der Waals surface area contributed by atoms with Crippen LogP contribution in [0.1, 0.15) is 39.5 Å². The van der Waals surface area contributed by atoms with E-state index in [0.29, 0.717) is 19.6 Å². The highest BCUT2D eigenvalue weighted by atomic mass is 16.5. The van der Waals surface area contributed by atoms with E-state index in [0.717, 1.165) is 26.1 Å². The van der Waals surface area contributed by atoms with Crippen molar-refractivity contribution in [3.63, 3.8) is 0 Å². The Morgan fingerprint density at radius 1 is 1.00 bits per heavy atom. The van der Waals surface area contributed by atoms with Crippen LogP contribution in [0, 0.1) is 0 Å². The molecule has 0 heterocycles. The van der Waals surface area contributed by atoms with E-state index in [1.54, 1.807) is 0 Å². The average molecular weight is 230 g/mol. The molecule has 0 spiro atoms. The predicted molar refractivity (Wildman–Crippen MR) is 66.5 cm³/mol. The van der Waals surface area contributed by atoms with Gasteiger partial charge in [-0.2, -0.15) is 0 Å². The van der Waals surface area contributed by atoms with E-state index in [-0.39, 0.29) is 5.97 Å². The SMILES string of the molecule is CCCCNCCNCCC(=O)OCCC. The molecule has 4 nitrogen and oxygen atoms in total. The minimum Gasteiger partial charge on any atom is -0.466 e. The van der Waals surface area contributed by atoms with E-state index in [9.17, 15) is 4.79 Å². The van der Waals surface area contributed by atoms with Crippen LogP contribution in [-0.2, 0) is 9.53 Å².